The van der Waals surface area contributed by atoms with Gasteiger partial charge in [0.15, 0.2) is 10.9 Å². The van der Waals surface area contributed by atoms with Crippen LogP contribution < -0.4 is 10.5 Å². The van der Waals surface area contributed by atoms with Crippen LogP contribution in [-0.4, -0.2) is 17.2 Å². The van der Waals surface area contributed by atoms with E-state index in [4.69, 9.17) is 5.73 Å². The van der Waals surface area contributed by atoms with Crippen molar-refractivity contribution in [2.45, 2.75) is 19.7 Å². The lowest BCUT2D eigenvalue weighted by Gasteiger charge is -2.10. The number of rotatable bonds is 3. The van der Waals surface area contributed by atoms with Crippen LogP contribution in [0.4, 0.5) is 18.9 Å². The first-order valence-corrected chi connectivity index (χ1v) is 6.54. The molecule has 0 heterocycles. The summed E-state index contributed by atoms with van der Waals surface area (Å²) in [6.45, 7) is 1.46. The molecule has 0 fully saturated rings. The molecule has 0 aromatic heterocycles. The van der Waals surface area contributed by atoms with Crippen LogP contribution in [0.1, 0.15) is 18.9 Å². The highest BCUT2D eigenvalue weighted by atomic mass is 32.2. The Bertz CT molecular complexity index is 547. The van der Waals surface area contributed by atoms with E-state index < -0.39 is 12.1 Å². The number of anilines is 1. The molecule has 7 heteroatoms. The van der Waals surface area contributed by atoms with Crippen LogP contribution in [0.25, 0.3) is 0 Å². The number of nitrogens with two attached hydrogens (primary N) is 1. The van der Waals surface area contributed by atoms with Crippen LogP contribution in [0.2, 0.25) is 0 Å². The summed E-state index contributed by atoms with van der Waals surface area (Å²) >= 11 is 1.15. The number of hydrogen-bond acceptors (Lipinski definition) is 4. The normalized spacial score (nSPS) is 10.6. The fourth-order valence-corrected chi connectivity index (χ4v) is 1.73. The maximum Gasteiger partial charge on any atom is 0.573 e. The number of thioether (sulfide) groups is 1. The molecule has 0 aliphatic heterocycles. The van der Waals surface area contributed by atoms with E-state index in [0.29, 0.717) is 17.7 Å². The number of nitrogen functional groups attached to an aromatic ring is 1. The van der Waals surface area contributed by atoms with Crippen LogP contribution >= 0.6 is 11.8 Å². The van der Waals surface area contributed by atoms with Crippen molar-refractivity contribution >= 4 is 22.6 Å². The van der Waals surface area contributed by atoms with E-state index in [2.05, 4.69) is 16.6 Å². The van der Waals surface area contributed by atoms with Crippen molar-refractivity contribution in [1.82, 2.24) is 0 Å². The van der Waals surface area contributed by atoms with Crippen LogP contribution in [-0.2, 0) is 4.79 Å². The van der Waals surface area contributed by atoms with E-state index in [1.807, 2.05) is 0 Å². The second-order valence-corrected chi connectivity index (χ2v) is 4.96. The van der Waals surface area contributed by atoms with Gasteiger partial charge in [-0.3, -0.25) is 4.79 Å². The predicted octanol–water partition coefficient (Wildman–Crippen LogP) is 3.19. The lowest BCUT2D eigenvalue weighted by molar-refractivity contribution is -0.274. The van der Waals surface area contributed by atoms with Gasteiger partial charge in [0.2, 0.25) is 0 Å². The van der Waals surface area contributed by atoms with Gasteiger partial charge in [-0.2, -0.15) is 0 Å². The summed E-state index contributed by atoms with van der Waals surface area (Å²) in [4.78, 5) is 10.7. The zero-order chi connectivity index (χ0) is 15.2. The van der Waals surface area contributed by atoms with Gasteiger partial charge in [-0.15, -0.1) is 13.2 Å². The molecule has 2 N–H and O–H groups in total. The van der Waals surface area contributed by atoms with E-state index in [1.165, 1.54) is 19.1 Å². The van der Waals surface area contributed by atoms with Gasteiger partial charge in [0.05, 0.1) is 5.69 Å². The van der Waals surface area contributed by atoms with Gasteiger partial charge in [-0.1, -0.05) is 23.6 Å². The standard InChI is InChI=1S/C13H12F3NO2S/c1-9(18)20-7-3-2-4-10-5-6-11(17)12(8-10)19-13(14,15)16/h5-6,8H,3,7,17H2,1H3. The second kappa shape index (κ2) is 7.10. The van der Waals surface area contributed by atoms with Gasteiger partial charge in [-0.25, -0.2) is 0 Å². The molecule has 0 amide bonds. The first kappa shape index (κ1) is 16.2. The summed E-state index contributed by atoms with van der Waals surface area (Å²) < 4.78 is 40.2. The molecule has 0 atom stereocenters. The molecule has 0 bridgehead atoms. The fraction of sp³-hybridized carbons (Fsp3) is 0.308. The molecule has 1 aromatic rings. The number of benzene rings is 1. The monoisotopic (exact) mass is 303 g/mol. The molecular formula is C13H12F3NO2S. The Morgan fingerprint density at radius 2 is 2.15 bits per heavy atom. The number of carbonyl (C=O) groups is 1. The minimum atomic E-state index is -4.79. The highest BCUT2D eigenvalue weighted by Crippen LogP contribution is 2.28. The summed E-state index contributed by atoms with van der Waals surface area (Å²) in [6, 6.07) is 3.94. The maximum absolute atomic E-state index is 12.1. The first-order chi connectivity index (χ1) is 9.28. The van der Waals surface area contributed by atoms with E-state index in [9.17, 15) is 18.0 Å². The zero-order valence-corrected chi connectivity index (χ0v) is 11.4. The van der Waals surface area contributed by atoms with Crippen molar-refractivity contribution in [3.8, 4) is 17.6 Å². The minimum absolute atomic E-state index is 0.000137. The zero-order valence-electron chi connectivity index (χ0n) is 10.6. The molecule has 1 aromatic carbocycles. The number of carbonyl (C=O) groups excluding carboxylic acids is 1. The van der Waals surface area contributed by atoms with E-state index in [-0.39, 0.29) is 10.8 Å². The summed E-state index contributed by atoms with van der Waals surface area (Å²) in [5, 5.41) is 0.000137. The molecule has 0 spiro atoms. The average Bonchev–Trinajstić information content (AvgIpc) is 2.30. The molecule has 20 heavy (non-hydrogen) atoms. The third-order valence-electron chi connectivity index (χ3n) is 2.00. The molecule has 0 aliphatic carbocycles. The van der Waals surface area contributed by atoms with Gasteiger partial charge in [0, 0.05) is 24.7 Å². The Labute approximate surface area is 118 Å². The molecule has 0 unspecified atom stereocenters. The smallest absolute Gasteiger partial charge is 0.404 e. The third kappa shape index (κ3) is 6.38. The Balaban J connectivity index is 2.70. The third-order valence-corrected chi connectivity index (χ3v) is 2.82. The van der Waals surface area contributed by atoms with Gasteiger partial charge < -0.3 is 10.5 Å². The first-order valence-electron chi connectivity index (χ1n) is 5.55. The van der Waals surface area contributed by atoms with Gasteiger partial charge in [-0.05, 0) is 18.2 Å². The quantitative estimate of drug-likeness (QED) is 0.529. The molecule has 108 valence electrons. The molecular weight excluding hydrogens is 291 g/mol. The highest BCUT2D eigenvalue weighted by molar-refractivity contribution is 8.13. The van der Waals surface area contributed by atoms with Crippen LogP contribution in [0.15, 0.2) is 18.2 Å². The summed E-state index contributed by atoms with van der Waals surface area (Å²) in [5.74, 6) is 5.53. The Hall–Kier alpha value is -1.81. The Morgan fingerprint density at radius 1 is 1.45 bits per heavy atom. The summed E-state index contributed by atoms with van der Waals surface area (Å²) in [7, 11) is 0. The van der Waals surface area contributed by atoms with Crippen LogP contribution in [0, 0.1) is 11.8 Å². The molecule has 3 nitrogen and oxygen atoms in total. The summed E-state index contributed by atoms with van der Waals surface area (Å²) in [5.41, 5.74) is 5.65. The lowest BCUT2D eigenvalue weighted by Crippen LogP contribution is -2.18. The molecule has 0 aliphatic rings. The lowest BCUT2D eigenvalue weighted by atomic mass is 10.2. The maximum atomic E-state index is 12.1. The Kier molecular flexibility index (Phi) is 5.77. The van der Waals surface area contributed by atoms with Gasteiger partial charge in [0.25, 0.3) is 0 Å². The van der Waals surface area contributed by atoms with Crippen molar-refractivity contribution in [3.63, 3.8) is 0 Å². The summed E-state index contributed by atoms with van der Waals surface area (Å²) in [6.07, 6.45) is -4.33. The molecule has 1 rings (SSSR count). The SMILES string of the molecule is CC(=O)SCCC#Cc1ccc(N)c(OC(F)(F)F)c1. The minimum Gasteiger partial charge on any atom is -0.404 e. The fourth-order valence-electron chi connectivity index (χ4n) is 1.24. The van der Waals surface area contributed by atoms with Crippen molar-refractivity contribution in [1.29, 1.82) is 0 Å². The van der Waals surface area contributed by atoms with Crippen molar-refractivity contribution in [2.75, 3.05) is 11.5 Å². The second-order valence-electron chi connectivity index (χ2n) is 3.69. The largest absolute Gasteiger partial charge is 0.573 e. The van der Waals surface area contributed by atoms with E-state index in [0.717, 1.165) is 17.8 Å². The van der Waals surface area contributed by atoms with E-state index in [1.54, 1.807) is 0 Å². The number of alkyl halides is 3. The number of hydrogen-bond donors (Lipinski definition) is 1. The average molecular weight is 303 g/mol. The van der Waals surface area contributed by atoms with Gasteiger partial charge >= 0.3 is 6.36 Å². The number of ether oxygens (including phenoxy) is 1. The van der Waals surface area contributed by atoms with Crippen LogP contribution in [0.5, 0.6) is 5.75 Å². The highest BCUT2D eigenvalue weighted by Gasteiger charge is 2.31. The molecule has 0 radical (unpaired) electrons. The van der Waals surface area contributed by atoms with E-state index >= 15 is 0 Å². The molecule has 0 saturated carbocycles. The predicted molar refractivity (Wildman–Crippen MR) is 72.2 cm³/mol. The topological polar surface area (TPSA) is 52.3 Å². The van der Waals surface area contributed by atoms with Crippen molar-refractivity contribution in [2.24, 2.45) is 0 Å². The number of halogens is 3. The molecule has 0 saturated heterocycles. The Morgan fingerprint density at radius 3 is 2.75 bits per heavy atom. The van der Waals surface area contributed by atoms with Gasteiger partial charge in [0.1, 0.15) is 0 Å². The van der Waals surface area contributed by atoms with Crippen LogP contribution in [0.3, 0.4) is 0 Å². The van der Waals surface area contributed by atoms with Crippen molar-refractivity contribution < 1.29 is 22.7 Å². The van der Waals surface area contributed by atoms with Crippen molar-refractivity contribution in [3.05, 3.63) is 23.8 Å².